The summed E-state index contributed by atoms with van der Waals surface area (Å²) in [4.78, 5) is 11.2. The van der Waals surface area contributed by atoms with E-state index in [0.29, 0.717) is 6.42 Å². The standard InChI is InChI=1S/C11H17N3O5S/c1-6-5-14(4-3-8(6)15)20(18,19)10-9(11(16)17)7(2)12-13-10/h6,8,15H,3-5H2,1-2H3,(H,12,13)(H,16,17). The molecule has 2 heterocycles. The van der Waals surface area contributed by atoms with E-state index in [0.717, 1.165) is 0 Å². The van der Waals surface area contributed by atoms with Crippen molar-refractivity contribution in [3.05, 3.63) is 11.3 Å². The number of hydrogen-bond acceptors (Lipinski definition) is 5. The lowest BCUT2D eigenvalue weighted by atomic mass is 9.99. The Balaban J connectivity index is 2.39. The largest absolute Gasteiger partial charge is 0.478 e. The number of piperidine rings is 1. The van der Waals surface area contributed by atoms with E-state index in [9.17, 15) is 18.3 Å². The number of nitrogens with zero attached hydrogens (tertiary/aromatic N) is 2. The number of aryl methyl sites for hydroxylation is 1. The summed E-state index contributed by atoms with van der Waals surface area (Å²) < 4.78 is 26.1. The van der Waals surface area contributed by atoms with Crippen molar-refractivity contribution in [2.24, 2.45) is 5.92 Å². The summed E-state index contributed by atoms with van der Waals surface area (Å²) in [6, 6.07) is 0. The lowest BCUT2D eigenvalue weighted by molar-refractivity contribution is 0.0623. The molecule has 2 rings (SSSR count). The normalized spacial score (nSPS) is 24.8. The Bertz CT molecular complexity index is 624. The molecular weight excluding hydrogens is 286 g/mol. The smallest absolute Gasteiger partial charge is 0.340 e. The number of hydrogen-bond donors (Lipinski definition) is 3. The van der Waals surface area contributed by atoms with Crippen LogP contribution in [0.15, 0.2) is 5.03 Å². The summed E-state index contributed by atoms with van der Waals surface area (Å²) in [7, 11) is -3.97. The first-order valence-electron chi connectivity index (χ1n) is 6.21. The van der Waals surface area contributed by atoms with Crippen LogP contribution in [0.2, 0.25) is 0 Å². The fourth-order valence-electron chi connectivity index (χ4n) is 2.28. The minimum atomic E-state index is -3.97. The first-order chi connectivity index (χ1) is 9.25. The van der Waals surface area contributed by atoms with Crippen LogP contribution in [0.3, 0.4) is 0 Å². The second-order valence-corrected chi connectivity index (χ2v) is 6.88. The summed E-state index contributed by atoms with van der Waals surface area (Å²) in [6.45, 7) is 3.51. The molecule has 9 heteroatoms. The molecule has 1 aromatic heterocycles. The Kier molecular flexibility index (Phi) is 3.85. The molecule has 1 fully saturated rings. The summed E-state index contributed by atoms with van der Waals surface area (Å²) >= 11 is 0. The van der Waals surface area contributed by atoms with Crippen LogP contribution in [0.1, 0.15) is 29.4 Å². The monoisotopic (exact) mass is 303 g/mol. The van der Waals surface area contributed by atoms with Gasteiger partial charge in [-0.2, -0.15) is 9.40 Å². The van der Waals surface area contributed by atoms with Gasteiger partial charge in [-0.1, -0.05) is 6.92 Å². The van der Waals surface area contributed by atoms with Gasteiger partial charge in [-0.05, 0) is 19.3 Å². The fourth-order valence-corrected chi connectivity index (χ4v) is 3.96. The Morgan fingerprint density at radius 3 is 2.70 bits per heavy atom. The number of carbonyl (C=O) groups is 1. The highest BCUT2D eigenvalue weighted by atomic mass is 32.2. The number of aromatic carboxylic acids is 1. The van der Waals surface area contributed by atoms with Crippen LogP contribution in [0, 0.1) is 12.8 Å². The van der Waals surface area contributed by atoms with Crippen molar-refractivity contribution in [1.82, 2.24) is 14.5 Å². The van der Waals surface area contributed by atoms with Crippen LogP contribution in [-0.2, 0) is 10.0 Å². The molecule has 8 nitrogen and oxygen atoms in total. The van der Waals surface area contributed by atoms with Crippen molar-refractivity contribution in [2.75, 3.05) is 13.1 Å². The molecular formula is C11H17N3O5S. The van der Waals surface area contributed by atoms with Crippen molar-refractivity contribution >= 4 is 16.0 Å². The highest BCUT2D eigenvalue weighted by Gasteiger charge is 2.37. The number of aromatic amines is 1. The molecule has 2 atom stereocenters. The molecule has 112 valence electrons. The zero-order valence-electron chi connectivity index (χ0n) is 11.2. The quantitative estimate of drug-likeness (QED) is 0.711. The third-order valence-electron chi connectivity index (χ3n) is 3.53. The van der Waals surface area contributed by atoms with Gasteiger partial charge in [0.2, 0.25) is 5.03 Å². The fraction of sp³-hybridized carbons (Fsp3) is 0.636. The van der Waals surface area contributed by atoms with Gasteiger partial charge in [0.15, 0.2) is 0 Å². The lowest BCUT2D eigenvalue weighted by Gasteiger charge is -2.33. The van der Waals surface area contributed by atoms with E-state index in [1.165, 1.54) is 11.2 Å². The van der Waals surface area contributed by atoms with Gasteiger partial charge in [0, 0.05) is 18.8 Å². The SMILES string of the molecule is Cc1[nH]nc(S(=O)(=O)N2CCC(O)C(C)C2)c1C(=O)O. The number of aliphatic hydroxyl groups is 1. The van der Waals surface area contributed by atoms with Crippen LogP contribution in [0.25, 0.3) is 0 Å². The van der Waals surface area contributed by atoms with Gasteiger partial charge in [-0.25, -0.2) is 13.2 Å². The van der Waals surface area contributed by atoms with Crippen molar-refractivity contribution < 1.29 is 23.4 Å². The van der Waals surface area contributed by atoms with E-state index < -0.39 is 27.1 Å². The molecule has 1 aromatic rings. The third-order valence-corrected chi connectivity index (χ3v) is 5.33. The third kappa shape index (κ3) is 2.43. The summed E-state index contributed by atoms with van der Waals surface area (Å²) in [6.07, 6.45) is -0.215. The van der Waals surface area contributed by atoms with E-state index in [4.69, 9.17) is 5.11 Å². The van der Waals surface area contributed by atoms with Crippen molar-refractivity contribution in [2.45, 2.75) is 31.4 Å². The highest BCUT2D eigenvalue weighted by molar-refractivity contribution is 7.89. The van der Waals surface area contributed by atoms with Gasteiger partial charge in [0.1, 0.15) is 5.56 Å². The number of aliphatic hydroxyl groups excluding tert-OH is 1. The van der Waals surface area contributed by atoms with Gasteiger partial charge in [-0.15, -0.1) is 0 Å². The van der Waals surface area contributed by atoms with Crippen LogP contribution >= 0.6 is 0 Å². The first-order valence-corrected chi connectivity index (χ1v) is 7.65. The van der Waals surface area contributed by atoms with Gasteiger partial charge in [-0.3, -0.25) is 5.10 Å². The Morgan fingerprint density at radius 2 is 2.15 bits per heavy atom. The minimum absolute atomic E-state index is 0.147. The predicted octanol–water partition coefficient (Wildman–Crippen LogP) is -0.192. The molecule has 0 amide bonds. The van der Waals surface area contributed by atoms with Crippen LogP contribution in [0.5, 0.6) is 0 Å². The predicted molar refractivity (Wildman–Crippen MR) is 68.8 cm³/mol. The minimum Gasteiger partial charge on any atom is -0.478 e. The van der Waals surface area contributed by atoms with Crippen molar-refractivity contribution in [3.8, 4) is 0 Å². The second-order valence-electron chi connectivity index (χ2n) is 5.03. The molecule has 0 aliphatic carbocycles. The van der Waals surface area contributed by atoms with E-state index in [2.05, 4.69) is 10.2 Å². The number of aromatic nitrogens is 2. The number of H-pyrrole nitrogens is 1. The number of nitrogens with one attached hydrogen (secondary N) is 1. The molecule has 1 aliphatic rings. The molecule has 0 bridgehead atoms. The van der Waals surface area contributed by atoms with E-state index >= 15 is 0 Å². The summed E-state index contributed by atoms with van der Waals surface area (Å²) in [5, 5.41) is 24.3. The molecule has 20 heavy (non-hydrogen) atoms. The summed E-state index contributed by atoms with van der Waals surface area (Å²) in [5.74, 6) is -1.54. The Labute approximate surface area is 116 Å². The average Bonchev–Trinajstić information content (AvgIpc) is 2.75. The van der Waals surface area contributed by atoms with Crippen molar-refractivity contribution in [1.29, 1.82) is 0 Å². The molecule has 3 N–H and O–H groups in total. The number of sulfonamides is 1. The van der Waals surface area contributed by atoms with Crippen molar-refractivity contribution in [3.63, 3.8) is 0 Å². The Morgan fingerprint density at radius 1 is 1.50 bits per heavy atom. The molecule has 0 aromatic carbocycles. The number of rotatable bonds is 3. The zero-order valence-corrected chi connectivity index (χ0v) is 12.0. The Hall–Kier alpha value is -1.45. The first kappa shape index (κ1) is 14.9. The molecule has 1 aliphatic heterocycles. The maximum absolute atomic E-state index is 12.5. The number of carboxylic acids is 1. The van der Waals surface area contributed by atoms with Crippen LogP contribution < -0.4 is 0 Å². The van der Waals surface area contributed by atoms with E-state index in [1.54, 1.807) is 6.92 Å². The van der Waals surface area contributed by atoms with Gasteiger partial charge in [0.05, 0.1) is 6.10 Å². The van der Waals surface area contributed by atoms with Gasteiger partial charge >= 0.3 is 5.97 Å². The molecule has 0 saturated carbocycles. The van der Waals surface area contributed by atoms with Gasteiger partial charge in [0.25, 0.3) is 10.0 Å². The van der Waals surface area contributed by atoms with Crippen LogP contribution in [-0.4, -0.2) is 58.3 Å². The topological polar surface area (TPSA) is 124 Å². The summed E-state index contributed by atoms with van der Waals surface area (Å²) in [5.41, 5.74) is -0.134. The zero-order chi connectivity index (χ0) is 15.1. The maximum Gasteiger partial charge on any atom is 0.340 e. The second kappa shape index (κ2) is 5.15. The lowest BCUT2D eigenvalue weighted by Crippen LogP contribution is -2.45. The number of carboxylic acid groups (broad SMARTS) is 1. The van der Waals surface area contributed by atoms with E-state index in [-0.39, 0.29) is 30.3 Å². The van der Waals surface area contributed by atoms with Gasteiger partial charge < -0.3 is 10.2 Å². The molecule has 2 unspecified atom stereocenters. The van der Waals surface area contributed by atoms with E-state index in [1.807, 2.05) is 0 Å². The molecule has 0 spiro atoms. The maximum atomic E-state index is 12.5. The van der Waals surface area contributed by atoms with Crippen LogP contribution in [0.4, 0.5) is 0 Å². The average molecular weight is 303 g/mol. The highest BCUT2D eigenvalue weighted by Crippen LogP contribution is 2.25. The molecule has 1 saturated heterocycles. The molecule has 0 radical (unpaired) electrons.